The third-order valence-electron chi connectivity index (χ3n) is 7.29. The fourth-order valence-corrected chi connectivity index (χ4v) is 7.77. The summed E-state index contributed by atoms with van der Waals surface area (Å²) in [6.07, 6.45) is 8.61. The van der Waals surface area contributed by atoms with E-state index in [0.717, 1.165) is 51.0 Å². The van der Waals surface area contributed by atoms with Crippen LogP contribution in [-0.4, -0.2) is 0 Å². The molecular weight excluding hydrogens is 479 g/mol. The van der Waals surface area contributed by atoms with Crippen molar-refractivity contribution in [3.05, 3.63) is 157 Å². The summed E-state index contributed by atoms with van der Waals surface area (Å²) >= 11 is 0. The average Bonchev–Trinajstić information content (AvgIpc) is 3.02. The number of hydrogen-bond acceptors (Lipinski definition) is 1. The summed E-state index contributed by atoms with van der Waals surface area (Å²) in [4.78, 5) is 0. The summed E-state index contributed by atoms with van der Waals surface area (Å²) in [5.41, 5.74) is 7.07. The van der Waals surface area contributed by atoms with Gasteiger partial charge in [-0.05, 0) is 46.2 Å². The largest absolute Gasteiger partial charge is 0.309 e. The molecule has 1 aliphatic carbocycles. The van der Waals surface area contributed by atoms with Crippen LogP contribution >= 0.6 is 7.14 Å². The molecule has 0 amide bonds. The minimum Gasteiger partial charge on any atom is -0.309 e. The lowest BCUT2D eigenvalue weighted by Crippen LogP contribution is -2.25. The fourth-order valence-electron chi connectivity index (χ4n) is 5.16. The molecule has 0 heterocycles. The second-order valence-corrected chi connectivity index (χ2v) is 12.4. The Morgan fingerprint density at radius 3 is 1.24 bits per heavy atom. The Morgan fingerprint density at radius 2 is 0.842 bits per heavy atom. The van der Waals surface area contributed by atoms with E-state index in [4.69, 9.17) is 0 Å². The highest BCUT2D eigenvalue weighted by atomic mass is 31.2. The summed E-state index contributed by atoms with van der Waals surface area (Å²) in [7, 11) is -3.09. The molecule has 0 aromatic heterocycles. The molecule has 6 rings (SSSR count). The third kappa shape index (κ3) is 4.74. The Labute approximate surface area is 225 Å². The molecule has 0 radical (unpaired) electrons. The summed E-state index contributed by atoms with van der Waals surface area (Å²) in [5, 5.41) is 2.54. The minimum atomic E-state index is -3.09. The third-order valence-corrected chi connectivity index (χ3v) is 10.4. The maximum atomic E-state index is 15.2. The molecule has 5 aromatic rings. The normalized spacial score (nSPS) is 13.2. The molecule has 0 spiro atoms. The molecule has 1 nitrogen and oxygen atoms in total. The van der Waals surface area contributed by atoms with Crippen LogP contribution < -0.4 is 15.9 Å². The van der Waals surface area contributed by atoms with Crippen LogP contribution in [0.15, 0.2) is 152 Å². The topological polar surface area (TPSA) is 17.1 Å². The van der Waals surface area contributed by atoms with Crippen molar-refractivity contribution in [2.75, 3.05) is 0 Å². The molecule has 0 fully saturated rings. The first-order valence-electron chi connectivity index (χ1n) is 13.1. The van der Waals surface area contributed by atoms with E-state index in [1.54, 1.807) is 0 Å². The lowest BCUT2D eigenvalue weighted by Gasteiger charge is -2.21. The zero-order valence-electron chi connectivity index (χ0n) is 21.2. The molecule has 0 saturated carbocycles. The van der Waals surface area contributed by atoms with Gasteiger partial charge in [-0.2, -0.15) is 0 Å². The Kier molecular flexibility index (Phi) is 6.78. The molecule has 5 aromatic carbocycles. The first kappa shape index (κ1) is 24.2. The average molecular weight is 509 g/mol. The molecule has 0 N–H and O–H groups in total. The van der Waals surface area contributed by atoms with Gasteiger partial charge in [0.05, 0.1) is 0 Å². The van der Waals surface area contributed by atoms with Gasteiger partial charge in [-0.25, -0.2) is 0 Å². The van der Waals surface area contributed by atoms with Gasteiger partial charge in [0.25, 0.3) is 0 Å². The molecule has 0 bridgehead atoms. The van der Waals surface area contributed by atoms with Crippen LogP contribution in [0.2, 0.25) is 0 Å². The molecule has 38 heavy (non-hydrogen) atoms. The number of benzene rings is 5. The maximum absolute atomic E-state index is 15.2. The van der Waals surface area contributed by atoms with E-state index in [2.05, 4.69) is 91.0 Å². The Balaban J connectivity index is 1.43. The fraction of sp³-hybridized carbons (Fsp3) is 0.0556. The van der Waals surface area contributed by atoms with E-state index in [1.165, 1.54) is 11.1 Å². The first-order valence-corrected chi connectivity index (χ1v) is 14.8. The quantitative estimate of drug-likeness (QED) is 0.211. The molecule has 1 aliphatic rings. The van der Waals surface area contributed by atoms with Crippen molar-refractivity contribution in [2.45, 2.75) is 12.8 Å². The van der Waals surface area contributed by atoms with E-state index < -0.39 is 7.14 Å². The zero-order valence-corrected chi connectivity index (χ0v) is 22.1. The maximum Gasteiger partial charge on any atom is 0.171 e. The zero-order chi connectivity index (χ0) is 25.8. The molecule has 0 atom stereocenters. The van der Waals surface area contributed by atoms with E-state index in [-0.39, 0.29) is 0 Å². The predicted molar refractivity (Wildman–Crippen MR) is 163 cm³/mol. The van der Waals surface area contributed by atoms with Gasteiger partial charge in [0.2, 0.25) is 0 Å². The second kappa shape index (κ2) is 10.7. The SMILES string of the molecule is O=P(c1ccc(C2=CC=CCC2)cc1)(c1ccc(-c2ccccc2)cc1)c1ccc(-c2ccccc2)cc1. The molecular formula is C36H29OP. The molecule has 0 aliphatic heterocycles. The smallest absolute Gasteiger partial charge is 0.171 e. The van der Waals surface area contributed by atoms with Crippen LogP contribution in [0.5, 0.6) is 0 Å². The number of hydrogen-bond donors (Lipinski definition) is 0. The molecule has 0 saturated heterocycles. The number of rotatable bonds is 6. The summed E-state index contributed by atoms with van der Waals surface area (Å²) < 4.78 is 15.2. The van der Waals surface area contributed by atoms with Gasteiger partial charge in [0.1, 0.15) is 0 Å². The molecule has 0 unspecified atom stereocenters. The minimum absolute atomic E-state index is 0.845. The van der Waals surface area contributed by atoms with Gasteiger partial charge in [0, 0.05) is 15.9 Å². The van der Waals surface area contributed by atoms with Crippen molar-refractivity contribution in [3.63, 3.8) is 0 Å². The summed E-state index contributed by atoms with van der Waals surface area (Å²) in [6, 6.07) is 45.5. The van der Waals surface area contributed by atoms with Crippen molar-refractivity contribution < 1.29 is 4.57 Å². The Hall–Kier alpha value is -4.19. The van der Waals surface area contributed by atoms with Gasteiger partial charge in [-0.15, -0.1) is 0 Å². The van der Waals surface area contributed by atoms with E-state index in [1.807, 2.05) is 60.7 Å². The van der Waals surface area contributed by atoms with Crippen molar-refractivity contribution >= 4 is 28.6 Å². The van der Waals surface area contributed by atoms with E-state index in [9.17, 15) is 0 Å². The monoisotopic (exact) mass is 508 g/mol. The van der Waals surface area contributed by atoms with Gasteiger partial charge in [0.15, 0.2) is 7.14 Å². The highest BCUT2D eigenvalue weighted by molar-refractivity contribution is 7.85. The van der Waals surface area contributed by atoms with Crippen LogP contribution in [-0.2, 0) is 4.57 Å². The lowest BCUT2D eigenvalue weighted by molar-refractivity contribution is 0.592. The first-order chi connectivity index (χ1) is 18.7. The molecule has 2 heteroatoms. The number of allylic oxidation sites excluding steroid dienone is 4. The van der Waals surface area contributed by atoms with E-state index in [0.29, 0.717) is 0 Å². The van der Waals surface area contributed by atoms with Crippen LogP contribution in [0.25, 0.3) is 27.8 Å². The predicted octanol–water partition coefficient (Wildman–Crippen LogP) is 8.39. The Morgan fingerprint density at radius 1 is 0.447 bits per heavy atom. The summed E-state index contributed by atoms with van der Waals surface area (Å²) in [6.45, 7) is 0. The van der Waals surface area contributed by atoms with Crippen LogP contribution in [0.4, 0.5) is 0 Å². The molecule has 184 valence electrons. The van der Waals surface area contributed by atoms with Crippen molar-refractivity contribution in [2.24, 2.45) is 0 Å². The van der Waals surface area contributed by atoms with Crippen molar-refractivity contribution in [1.82, 2.24) is 0 Å². The van der Waals surface area contributed by atoms with Gasteiger partial charge in [-0.3, -0.25) is 0 Å². The van der Waals surface area contributed by atoms with Gasteiger partial charge in [-0.1, -0.05) is 152 Å². The van der Waals surface area contributed by atoms with E-state index >= 15 is 4.57 Å². The Bertz CT molecular complexity index is 1540. The van der Waals surface area contributed by atoms with Gasteiger partial charge >= 0.3 is 0 Å². The van der Waals surface area contributed by atoms with Crippen LogP contribution in [0.1, 0.15) is 18.4 Å². The van der Waals surface area contributed by atoms with Gasteiger partial charge < -0.3 is 4.57 Å². The highest BCUT2D eigenvalue weighted by Crippen LogP contribution is 2.43. The highest BCUT2D eigenvalue weighted by Gasteiger charge is 2.30. The van der Waals surface area contributed by atoms with Crippen LogP contribution in [0.3, 0.4) is 0 Å². The van der Waals surface area contributed by atoms with Crippen molar-refractivity contribution in [3.8, 4) is 22.3 Å². The standard InChI is InChI=1S/C36H29OP/c37-38(34-22-16-31(17-23-34)28-10-4-1-5-11-28,35-24-18-32(19-25-35)29-12-6-2-7-13-29)36-26-20-33(21-27-36)30-14-8-3-9-15-30/h1-8,10-14,16-27H,9,15H2. The summed E-state index contributed by atoms with van der Waals surface area (Å²) in [5.74, 6) is 0. The second-order valence-electron chi connectivity index (χ2n) is 9.64. The van der Waals surface area contributed by atoms with Crippen LogP contribution in [0, 0.1) is 0 Å². The van der Waals surface area contributed by atoms with Crippen molar-refractivity contribution in [1.29, 1.82) is 0 Å². The lowest BCUT2D eigenvalue weighted by atomic mass is 9.98.